The van der Waals surface area contributed by atoms with Gasteiger partial charge in [0.1, 0.15) is 11.4 Å². The lowest BCUT2D eigenvalue weighted by atomic mass is 10.1. The van der Waals surface area contributed by atoms with Crippen LogP contribution in [0.2, 0.25) is 0 Å². The highest BCUT2D eigenvalue weighted by Gasteiger charge is 2.32. The van der Waals surface area contributed by atoms with E-state index in [1.165, 1.54) is 7.11 Å². The predicted octanol–water partition coefficient (Wildman–Crippen LogP) is 1.90. The number of nitrogens with zero attached hydrogens (tertiary/aromatic N) is 3. The van der Waals surface area contributed by atoms with Crippen molar-refractivity contribution in [2.45, 2.75) is 6.42 Å². The maximum atomic E-state index is 14.1. The first-order valence-corrected chi connectivity index (χ1v) is 8.15. The lowest BCUT2D eigenvalue weighted by Crippen LogP contribution is -2.39. The maximum Gasteiger partial charge on any atom is 0.328 e. The number of methoxy groups -OCH3 is 1. The number of hydrogen-bond acceptors (Lipinski definition) is 6. The van der Waals surface area contributed by atoms with Crippen LogP contribution >= 0.6 is 0 Å². The third-order valence-corrected chi connectivity index (χ3v) is 4.68. The molecular weight excluding hydrogens is 317 g/mol. The molecule has 0 radical (unpaired) electrons. The second-order valence-electron chi connectivity index (χ2n) is 6.25. The zero-order chi connectivity index (χ0) is 17.1. The van der Waals surface area contributed by atoms with Gasteiger partial charge in [0.2, 0.25) is 5.82 Å². The fourth-order valence-electron chi connectivity index (χ4n) is 3.45. The second-order valence-corrected chi connectivity index (χ2v) is 6.25. The number of ether oxygens (including phenoxy) is 2. The van der Waals surface area contributed by atoms with Gasteiger partial charge in [-0.05, 0) is 12.3 Å². The molecule has 0 spiro atoms. The third kappa shape index (κ3) is 3.59. The summed E-state index contributed by atoms with van der Waals surface area (Å²) >= 11 is 0. The van der Waals surface area contributed by atoms with Crippen LogP contribution in [0.3, 0.4) is 0 Å². The molecule has 0 aromatic heterocycles. The molecule has 2 aliphatic heterocycles. The lowest BCUT2D eigenvalue weighted by Gasteiger charge is -2.29. The summed E-state index contributed by atoms with van der Waals surface area (Å²) in [6.07, 6.45) is 0.938. The Balaban J connectivity index is 1.74. The molecule has 132 valence electrons. The fourth-order valence-corrected chi connectivity index (χ4v) is 3.45. The molecule has 0 N–H and O–H groups in total. The second kappa shape index (κ2) is 7.31. The van der Waals surface area contributed by atoms with Crippen LogP contribution in [0.5, 0.6) is 5.75 Å². The minimum Gasteiger partial charge on any atom is -0.497 e. The van der Waals surface area contributed by atoms with Crippen LogP contribution in [0, 0.1) is 21.8 Å². The van der Waals surface area contributed by atoms with Gasteiger partial charge in [-0.25, -0.2) is 0 Å². The molecule has 0 aliphatic carbocycles. The first-order chi connectivity index (χ1) is 11.6. The summed E-state index contributed by atoms with van der Waals surface area (Å²) in [7, 11) is 1.43. The summed E-state index contributed by atoms with van der Waals surface area (Å²) in [6.45, 7) is 5.66. The molecule has 2 heterocycles. The first-order valence-electron chi connectivity index (χ1n) is 8.15. The summed E-state index contributed by atoms with van der Waals surface area (Å²) in [4.78, 5) is 14.9. The standard InChI is InChI=1S/C16H22FN3O4/c1-23-13-8-14(17)16(20(21)22)15(9-13)19-3-2-12(11-19)10-18-4-6-24-7-5-18/h8-9,12H,2-7,10-11H2,1H3. The third-order valence-electron chi connectivity index (χ3n) is 4.68. The van der Waals surface area contributed by atoms with Gasteiger partial charge in [0.15, 0.2) is 0 Å². The van der Waals surface area contributed by atoms with Crippen molar-refractivity contribution in [3.63, 3.8) is 0 Å². The fraction of sp³-hybridized carbons (Fsp3) is 0.625. The number of rotatable bonds is 5. The summed E-state index contributed by atoms with van der Waals surface area (Å²) in [5, 5.41) is 11.3. The first kappa shape index (κ1) is 16.9. The number of morpholine rings is 1. The number of nitro benzene ring substituents is 1. The normalized spacial score (nSPS) is 21.9. The Labute approximate surface area is 140 Å². The van der Waals surface area contributed by atoms with E-state index in [0.29, 0.717) is 30.4 Å². The topological polar surface area (TPSA) is 68.1 Å². The molecule has 1 aromatic rings. The molecule has 2 fully saturated rings. The van der Waals surface area contributed by atoms with E-state index in [0.717, 1.165) is 45.3 Å². The van der Waals surface area contributed by atoms with Gasteiger partial charge < -0.3 is 14.4 Å². The van der Waals surface area contributed by atoms with Gasteiger partial charge in [-0.15, -0.1) is 0 Å². The van der Waals surface area contributed by atoms with Crippen LogP contribution in [0.25, 0.3) is 0 Å². The van der Waals surface area contributed by atoms with Crippen LogP contribution < -0.4 is 9.64 Å². The SMILES string of the molecule is COc1cc(F)c([N+](=O)[O-])c(N2CCC(CN3CCOCC3)C2)c1. The highest BCUT2D eigenvalue weighted by molar-refractivity contribution is 5.67. The van der Waals surface area contributed by atoms with E-state index in [1.54, 1.807) is 6.07 Å². The van der Waals surface area contributed by atoms with E-state index >= 15 is 0 Å². The van der Waals surface area contributed by atoms with E-state index < -0.39 is 16.4 Å². The van der Waals surface area contributed by atoms with Gasteiger partial charge in [0, 0.05) is 44.9 Å². The van der Waals surface area contributed by atoms with Crippen molar-refractivity contribution < 1.29 is 18.8 Å². The van der Waals surface area contributed by atoms with Crippen LogP contribution in [-0.2, 0) is 4.74 Å². The number of nitro groups is 1. The summed E-state index contributed by atoms with van der Waals surface area (Å²) in [5.74, 6) is -0.146. The van der Waals surface area contributed by atoms with Gasteiger partial charge >= 0.3 is 5.69 Å². The molecule has 0 saturated carbocycles. The highest BCUT2D eigenvalue weighted by atomic mass is 19.1. The predicted molar refractivity (Wildman–Crippen MR) is 87.2 cm³/mol. The molecule has 1 unspecified atom stereocenters. The zero-order valence-corrected chi connectivity index (χ0v) is 13.7. The van der Waals surface area contributed by atoms with Gasteiger partial charge in [-0.1, -0.05) is 0 Å². The van der Waals surface area contributed by atoms with Gasteiger partial charge in [-0.3, -0.25) is 15.0 Å². The van der Waals surface area contributed by atoms with Crippen molar-refractivity contribution >= 4 is 11.4 Å². The van der Waals surface area contributed by atoms with Crippen LogP contribution in [-0.4, -0.2) is 62.9 Å². The Morgan fingerprint density at radius 2 is 2.12 bits per heavy atom. The van der Waals surface area contributed by atoms with Gasteiger partial charge in [-0.2, -0.15) is 4.39 Å². The average molecular weight is 339 g/mol. The molecule has 1 aromatic carbocycles. The minimum atomic E-state index is -0.856. The van der Waals surface area contributed by atoms with E-state index in [2.05, 4.69) is 4.90 Å². The summed E-state index contributed by atoms with van der Waals surface area (Å²) in [6, 6.07) is 2.61. The molecule has 24 heavy (non-hydrogen) atoms. The van der Waals surface area contributed by atoms with Crippen molar-refractivity contribution in [3.05, 3.63) is 28.1 Å². The van der Waals surface area contributed by atoms with Crippen molar-refractivity contribution in [1.82, 2.24) is 4.90 Å². The van der Waals surface area contributed by atoms with Crippen molar-refractivity contribution in [3.8, 4) is 5.75 Å². The number of hydrogen-bond donors (Lipinski definition) is 0. The summed E-state index contributed by atoms with van der Waals surface area (Å²) in [5.41, 5.74) is -0.163. The van der Waals surface area contributed by atoms with Gasteiger partial charge in [0.25, 0.3) is 0 Å². The van der Waals surface area contributed by atoms with Crippen LogP contribution in [0.15, 0.2) is 12.1 Å². The van der Waals surface area contributed by atoms with Gasteiger partial charge in [0.05, 0.1) is 25.2 Å². The Morgan fingerprint density at radius 1 is 1.38 bits per heavy atom. The monoisotopic (exact) mass is 339 g/mol. The lowest BCUT2D eigenvalue weighted by molar-refractivity contribution is -0.386. The number of benzene rings is 1. The molecule has 3 rings (SSSR count). The van der Waals surface area contributed by atoms with E-state index in [1.807, 2.05) is 4.90 Å². The molecule has 8 heteroatoms. The average Bonchev–Trinajstić information content (AvgIpc) is 3.03. The van der Waals surface area contributed by atoms with E-state index in [9.17, 15) is 14.5 Å². The maximum absolute atomic E-state index is 14.1. The number of halogens is 1. The Hall–Kier alpha value is -1.93. The number of anilines is 1. The summed E-state index contributed by atoms with van der Waals surface area (Å²) < 4.78 is 24.5. The molecule has 1 atom stereocenters. The largest absolute Gasteiger partial charge is 0.497 e. The van der Waals surface area contributed by atoms with Crippen molar-refractivity contribution in [1.29, 1.82) is 0 Å². The Kier molecular flexibility index (Phi) is 5.15. The van der Waals surface area contributed by atoms with Crippen LogP contribution in [0.1, 0.15) is 6.42 Å². The molecule has 0 amide bonds. The van der Waals surface area contributed by atoms with E-state index in [4.69, 9.17) is 9.47 Å². The van der Waals surface area contributed by atoms with Crippen LogP contribution in [0.4, 0.5) is 15.8 Å². The minimum absolute atomic E-state index is 0.296. The molecule has 2 saturated heterocycles. The Bertz CT molecular complexity index is 607. The highest BCUT2D eigenvalue weighted by Crippen LogP contribution is 2.37. The molecule has 0 bridgehead atoms. The molecule has 7 nitrogen and oxygen atoms in total. The van der Waals surface area contributed by atoms with Crippen molar-refractivity contribution in [2.75, 3.05) is 57.9 Å². The van der Waals surface area contributed by atoms with E-state index in [-0.39, 0.29) is 0 Å². The zero-order valence-electron chi connectivity index (χ0n) is 13.7. The Morgan fingerprint density at radius 3 is 2.79 bits per heavy atom. The molecule has 2 aliphatic rings. The smallest absolute Gasteiger partial charge is 0.328 e. The molecular formula is C16H22FN3O4. The van der Waals surface area contributed by atoms with Crippen molar-refractivity contribution in [2.24, 2.45) is 5.92 Å². The quantitative estimate of drug-likeness (QED) is 0.603.